The molecule has 1 saturated carbocycles. The molecule has 0 spiro atoms. The van der Waals surface area contributed by atoms with Crippen molar-refractivity contribution in [2.75, 3.05) is 14.1 Å². The molecular weight excluding hydrogens is 204 g/mol. The highest BCUT2D eigenvalue weighted by Gasteiger charge is 2.51. The topological polar surface area (TPSA) is 40.6 Å². The van der Waals surface area contributed by atoms with Gasteiger partial charge in [0, 0.05) is 26.2 Å². The molecule has 4 heteroatoms. The van der Waals surface area contributed by atoms with Gasteiger partial charge in [-0.05, 0) is 25.7 Å². The number of piperidine rings is 2. The van der Waals surface area contributed by atoms with Gasteiger partial charge >= 0.3 is 0 Å². The fourth-order valence-electron chi connectivity index (χ4n) is 3.84. The summed E-state index contributed by atoms with van der Waals surface area (Å²) < 4.78 is 0. The summed E-state index contributed by atoms with van der Waals surface area (Å²) in [6, 6.07) is 0.305. The molecule has 4 nitrogen and oxygen atoms in total. The van der Waals surface area contributed by atoms with Crippen LogP contribution in [-0.4, -0.2) is 47.8 Å². The average Bonchev–Trinajstić information content (AvgIpc) is 2.23. The number of carbonyl (C=O) groups excluding carboxylic acids is 2. The second kappa shape index (κ2) is 3.22. The van der Waals surface area contributed by atoms with Crippen molar-refractivity contribution < 1.29 is 9.59 Å². The van der Waals surface area contributed by atoms with Gasteiger partial charge in [0.2, 0.25) is 11.8 Å². The summed E-state index contributed by atoms with van der Waals surface area (Å²) in [7, 11) is 3.74. The summed E-state index contributed by atoms with van der Waals surface area (Å²) in [5.74, 6) is 0.614. The summed E-state index contributed by atoms with van der Waals surface area (Å²) in [5.41, 5.74) is 0. The molecule has 88 valence electrons. The summed E-state index contributed by atoms with van der Waals surface area (Å²) in [4.78, 5) is 28.1. The molecule has 0 aromatic carbocycles. The summed E-state index contributed by atoms with van der Waals surface area (Å²) in [6.45, 7) is 0. The molecule has 2 amide bonds. The Bertz CT molecular complexity index is 321. The van der Waals surface area contributed by atoms with E-state index >= 15 is 0 Å². The smallest absolute Gasteiger partial charge is 0.227 e. The third-order valence-corrected chi connectivity index (χ3v) is 4.80. The van der Waals surface area contributed by atoms with Gasteiger partial charge in [-0.3, -0.25) is 9.59 Å². The molecule has 5 heterocycles. The van der Waals surface area contributed by atoms with Crippen LogP contribution in [0.4, 0.5) is 0 Å². The predicted molar refractivity (Wildman–Crippen MR) is 58.6 cm³/mol. The Labute approximate surface area is 95.6 Å². The summed E-state index contributed by atoms with van der Waals surface area (Å²) in [6.07, 6.45) is 3.94. The van der Waals surface area contributed by atoms with Crippen molar-refractivity contribution in [1.82, 2.24) is 9.80 Å². The molecule has 1 aliphatic carbocycles. The first kappa shape index (κ1) is 10.1. The third-order valence-electron chi connectivity index (χ3n) is 4.80. The van der Waals surface area contributed by atoms with Crippen LogP contribution in [-0.2, 0) is 9.59 Å². The number of amides is 2. The second-order valence-electron chi connectivity index (χ2n) is 5.40. The van der Waals surface area contributed by atoms with E-state index in [0.717, 1.165) is 25.7 Å². The van der Waals surface area contributed by atoms with E-state index in [1.807, 2.05) is 23.9 Å². The van der Waals surface area contributed by atoms with Crippen LogP contribution < -0.4 is 0 Å². The molecule has 0 aromatic heterocycles. The van der Waals surface area contributed by atoms with Crippen molar-refractivity contribution in [3.05, 3.63) is 0 Å². The highest BCUT2D eigenvalue weighted by Crippen LogP contribution is 2.41. The Balaban J connectivity index is 2.06. The van der Waals surface area contributed by atoms with Crippen LogP contribution in [0.1, 0.15) is 25.7 Å². The molecular formula is C12H18N2O2. The van der Waals surface area contributed by atoms with Crippen molar-refractivity contribution in [2.24, 2.45) is 11.8 Å². The number of nitrogens with zero attached hydrogens (tertiary/aromatic N) is 2. The van der Waals surface area contributed by atoms with Gasteiger partial charge in [0.1, 0.15) is 0 Å². The van der Waals surface area contributed by atoms with E-state index in [9.17, 15) is 9.59 Å². The second-order valence-corrected chi connectivity index (χ2v) is 5.40. The fourth-order valence-corrected chi connectivity index (χ4v) is 3.84. The molecule has 6 aliphatic rings. The van der Waals surface area contributed by atoms with E-state index in [0.29, 0.717) is 0 Å². The lowest BCUT2D eigenvalue weighted by Crippen LogP contribution is -2.64. The van der Waals surface area contributed by atoms with Crippen LogP contribution in [0.3, 0.4) is 0 Å². The first-order chi connectivity index (χ1) is 7.61. The highest BCUT2D eigenvalue weighted by atomic mass is 16.2. The van der Waals surface area contributed by atoms with Gasteiger partial charge in [-0.25, -0.2) is 0 Å². The molecule has 5 saturated heterocycles. The number of rotatable bonds is 0. The lowest BCUT2D eigenvalue weighted by molar-refractivity contribution is -0.163. The molecule has 6 fully saturated rings. The van der Waals surface area contributed by atoms with Crippen LogP contribution in [0.25, 0.3) is 0 Å². The maximum absolute atomic E-state index is 12.2. The van der Waals surface area contributed by atoms with Crippen LogP contribution in [0.2, 0.25) is 0 Å². The Morgan fingerprint density at radius 3 is 1.56 bits per heavy atom. The van der Waals surface area contributed by atoms with Gasteiger partial charge in [-0.2, -0.15) is 0 Å². The van der Waals surface area contributed by atoms with E-state index in [1.54, 1.807) is 0 Å². The minimum atomic E-state index is 0.0523. The SMILES string of the molecule is CN1C(=O)[C@H]2CC[C@H]1[C@@H]1CC[C@@H]2N(C)C1=O. The zero-order chi connectivity index (χ0) is 11.4. The van der Waals surface area contributed by atoms with Gasteiger partial charge in [0.05, 0.1) is 11.8 Å². The lowest BCUT2D eigenvalue weighted by atomic mass is 9.71. The Kier molecular flexibility index (Phi) is 2.03. The van der Waals surface area contributed by atoms with Crippen LogP contribution in [0.5, 0.6) is 0 Å². The standard InChI is InChI=1S/C12H18N2O2/c1-13-9-5-3-8(11(13)15)10-6-4-7(9)12(16)14(10)2/h7-10H,3-6H2,1-2H3/t7-,8-,9-,10-/m0/s1. The van der Waals surface area contributed by atoms with Crippen LogP contribution >= 0.6 is 0 Å². The predicted octanol–water partition coefficient (Wildman–Crippen LogP) is 0.474. The molecule has 6 rings (SSSR count). The van der Waals surface area contributed by atoms with Crippen molar-refractivity contribution in [2.45, 2.75) is 37.8 Å². The molecule has 16 heavy (non-hydrogen) atoms. The van der Waals surface area contributed by atoms with E-state index in [-0.39, 0.29) is 35.7 Å². The Morgan fingerprint density at radius 1 is 0.812 bits per heavy atom. The van der Waals surface area contributed by atoms with Gasteiger partial charge in [0.15, 0.2) is 0 Å². The summed E-state index contributed by atoms with van der Waals surface area (Å²) in [5, 5.41) is 0. The Morgan fingerprint density at radius 2 is 1.19 bits per heavy atom. The molecule has 0 unspecified atom stereocenters. The van der Waals surface area contributed by atoms with Gasteiger partial charge in [-0.15, -0.1) is 0 Å². The first-order valence-corrected chi connectivity index (χ1v) is 6.14. The quantitative estimate of drug-likeness (QED) is 0.598. The lowest BCUT2D eigenvalue weighted by Gasteiger charge is -2.52. The van der Waals surface area contributed by atoms with E-state index in [1.165, 1.54) is 0 Å². The molecule has 0 aromatic rings. The van der Waals surface area contributed by atoms with Crippen LogP contribution in [0, 0.1) is 11.8 Å². The first-order valence-electron chi connectivity index (χ1n) is 6.14. The molecule has 4 atom stereocenters. The largest absolute Gasteiger partial charge is 0.342 e. The maximum Gasteiger partial charge on any atom is 0.227 e. The van der Waals surface area contributed by atoms with E-state index in [2.05, 4.69) is 0 Å². The number of carbonyl (C=O) groups is 2. The molecule has 0 N–H and O–H groups in total. The fraction of sp³-hybridized carbons (Fsp3) is 0.833. The minimum absolute atomic E-state index is 0.0523. The van der Waals surface area contributed by atoms with E-state index in [4.69, 9.17) is 0 Å². The maximum atomic E-state index is 12.2. The summed E-state index contributed by atoms with van der Waals surface area (Å²) >= 11 is 0. The van der Waals surface area contributed by atoms with Gasteiger partial charge in [-0.1, -0.05) is 0 Å². The average molecular weight is 222 g/mol. The molecule has 5 aliphatic heterocycles. The third kappa shape index (κ3) is 1.10. The number of hydrogen-bond donors (Lipinski definition) is 0. The van der Waals surface area contributed by atoms with Crippen molar-refractivity contribution >= 4 is 11.8 Å². The zero-order valence-electron chi connectivity index (χ0n) is 9.85. The molecule has 0 radical (unpaired) electrons. The minimum Gasteiger partial charge on any atom is -0.342 e. The monoisotopic (exact) mass is 222 g/mol. The molecule has 4 bridgehead atoms. The Hall–Kier alpha value is -1.06. The van der Waals surface area contributed by atoms with Crippen molar-refractivity contribution in [3.63, 3.8) is 0 Å². The zero-order valence-corrected chi connectivity index (χ0v) is 9.85. The normalized spacial score (nSPS) is 42.6. The van der Waals surface area contributed by atoms with E-state index < -0.39 is 0 Å². The number of hydrogen-bond acceptors (Lipinski definition) is 2. The van der Waals surface area contributed by atoms with Crippen LogP contribution in [0.15, 0.2) is 0 Å². The highest BCUT2D eigenvalue weighted by molar-refractivity contribution is 5.87. The van der Waals surface area contributed by atoms with Crippen molar-refractivity contribution in [3.8, 4) is 0 Å². The van der Waals surface area contributed by atoms with Gasteiger partial charge < -0.3 is 9.80 Å². The van der Waals surface area contributed by atoms with Crippen molar-refractivity contribution in [1.29, 1.82) is 0 Å². The van der Waals surface area contributed by atoms with Gasteiger partial charge in [0.25, 0.3) is 0 Å².